The van der Waals surface area contributed by atoms with E-state index in [2.05, 4.69) is 48.9 Å². The first-order valence-electron chi connectivity index (χ1n) is 10.1. The molecule has 2 aromatic rings. The Morgan fingerprint density at radius 2 is 1.85 bits per heavy atom. The molecule has 2 fully saturated rings. The van der Waals surface area contributed by atoms with E-state index < -0.39 is 0 Å². The van der Waals surface area contributed by atoms with Crippen molar-refractivity contribution in [1.82, 2.24) is 19.8 Å². The van der Waals surface area contributed by atoms with E-state index in [-0.39, 0.29) is 5.56 Å². The van der Waals surface area contributed by atoms with Crippen LogP contribution in [-0.2, 0) is 13.1 Å². The van der Waals surface area contributed by atoms with Crippen molar-refractivity contribution in [2.75, 3.05) is 44.2 Å². The van der Waals surface area contributed by atoms with Crippen molar-refractivity contribution in [2.24, 2.45) is 5.92 Å². The van der Waals surface area contributed by atoms with Crippen LogP contribution in [0.15, 0.2) is 41.5 Å². The van der Waals surface area contributed by atoms with E-state index >= 15 is 0 Å². The Balaban J connectivity index is 1.28. The minimum atomic E-state index is 0.237. The zero-order chi connectivity index (χ0) is 18.2. The van der Waals surface area contributed by atoms with Gasteiger partial charge in [-0.3, -0.25) is 14.7 Å². The lowest BCUT2D eigenvalue weighted by Crippen LogP contribution is -2.48. The SMILES string of the molecule is O=c1c(CN2CCN(c3ccncc3)CC2)ccc2n1C[C@@H]1CNC[C@H]2C1. The van der Waals surface area contributed by atoms with E-state index in [0.717, 1.165) is 57.9 Å². The number of rotatable bonds is 3. The van der Waals surface area contributed by atoms with Gasteiger partial charge in [0.15, 0.2) is 0 Å². The predicted octanol–water partition coefficient (Wildman–Crippen LogP) is 1.27. The maximum Gasteiger partial charge on any atom is 0.255 e. The first kappa shape index (κ1) is 17.0. The summed E-state index contributed by atoms with van der Waals surface area (Å²) in [6.45, 7) is 7.64. The van der Waals surface area contributed by atoms with Gasteiger partial charge >= 0.3 is 0 Å². The van der Waals surface area contributed by atoms with Crippen LogP contribution in [0.25, 0.3) is 0 Å². The summed E-state index contributed by atoms with van der Waals surface area (Å²) in [5.74, 6) is 1.11. The lowest BCUT2D eigenvalue weighted by Gasteiger charge is -2.38. The highest BCUT2D eigenvalue weighted by atomic mass is 16.1. The summed E-state index contributed by atoms with van der Waals surface area (Å²) in [5.41, 5.74) is 3.65. The maximum atomic E-state index is 13.1. The van der Waals surface area contributed by atoms with Gasteiger partial charge in [-0.25, -0.2) is 0 Å². The van der Waals surface area contributed by atoms with Gasteiger partial charge in [-0.1, -0.05) is 6.07 Å². The fourth-order valence-electron chi connectivity index (χ4n) is 4.92. The van der Waals surface area contributed by atoms with Crippen molar-refractivity contribution in [3.63, 3.8) is 0 Å². The number of hydrogen-bond acceptors (Lipinski definition) is 5. The van der Waals surface area contributed by atoms with Crippen LogP contribution in [0.1, 0.15) is 23.6 Å². The van der Waals surface area contributed by atoms with Crippen molar-refractivity contribution in [3.8, 4) is 0 Å². The molecule has 0 amide bonds. The Morgan fingerprint density at radius 3 is 2.67 bits per heavy atom. The highest BCUT2D eigenvalue weighted by Crippen LogP contribution is 2.31. The van der Waals surface area contributed by atoms with Gasteiger partial charge in [-0.15, -0.1) is 0 Å². The second kappa shape index (κ2) is 7.09. The van der Waals surface area contributed by atoms with E-state index in [1.54, 1.807) is 0 Å². The molecule has 5 heterocycles. The van der Waals surface area contributed by atoms with Gasteiger partial charge in [0.05, 0.1) is 0 Å². The molecule has 2 atom stereocenters. The number of anilines is 1. The molecule has 0 unspecified atom stereocenters. The predicted molar refractivity (Wildman–Crippen MR) is 106 cm³/mol. The molecule has 0 saturated carbocycles. The number of piperazine rings is 1. The number of nitrogens with one attached hydrogen (secondary N) is 1. The highest BCUT2D eigenvalue weighted by molar-refractivity contribution is 5.45. The summed E-state index contributed by atoms with van der Waals surface area (Å²) < 4.78 is 2.07. The van der Waals surface area contributed by atoms with E-state index in [0.29, 0.717) is 11.8 Å². The average molecular weight is 365 g/mol. The summed E-state index contributed by atoms with van der Waals surface area (Å²) in [7, 11) is 0. The van der Waals surface area contributed by atoms with Crippen LogP contribution in [0.4, 0.5) is 5.69 Å². The van der Waals surface area contributed by atoms with Crippen molar-refractivity contribution in [2.45, 2.75) is 25.4 Å². The molecule has 0 radical (unpaired) electrons. The van der Waals surface area contributed by atoms with E-state index in [4.69, 9.17) is 0 Å². The summed E-state index contributed by atoms with van der Waals surface area (Å²) in [5, 5.41) is 3.51. The van der Waals surface area contributed by atoms with Gasteiger partial charge in [0.25, 0.3) is 5.56 Å². The Kier molecular flexibility index (Phi) is 4.45. The van der Waals surface area contributed by atoms with E-state index in [1.165, 1.54) is 17.8 Å². The second-order valence-electron chi connectivity index (χ2n) is 8.12. The van der Waals surface area contributed by atoms with Crippen molar-refractivity contribution >= 4 is 5.69 Å². The summed E-state index contributed by atoms with van der Waals surface area (Å²) in [6, 6.07) is 8.42. The molecular formula is C21H27N5O. The zero-order valence-corrected chi connectivity index (χ0v) is 15.7. The van der Waals surface area contributed by atoms with Crippen LogP contribution in [0.3, 0.4) is 0 Å². The molecule has 1 N–H and O–H groups in total. The van der Waals surface area contributed by atoms with Crippen LogP contribution >= 0.6 is 0 Å². The molecule has 2 bridgehead atoms. The van der Waals surface area contributed by atoms with Gasteiger partial charge in [0.2, 0.25) is 0 Å². The number of pyridine rings is 2. The van der Waals surface area contributed by atoms with Gasteiger partial charge in [-0.2, -0.15) is 0 Å². The molecule has 3 aliphatic heterocycles. The molecule has 0 aliphatic carbocycles. The normalized spacial score (nSPS) is 25.3. The third kappa shape index (κ3) is 3.28. The molecule has 2 aromatic heterocycles. The fourth-order valence-corrected chi connectivity index (χ4v) is 4.92. The molecule has 0 spiro atoms. The lowest BCUT2D eigenvalue weighted by molar-refractivity contribution is 0.241. The average Bonchev–Trinajstić information content (AvgIpc) is 2.72. The van der Waals surface area contributed by atoms with Crippen LogP contribution in [-0.4, -0.2) is 53.7 Å². The van der Waals surface area contributed by atoms with Gasteiger partial charge in [0, 0.05) is 81.1 Å². The molecule has 27 heavy (non-hydrogen) atoms. The van der Waals surface area contributed by atoms with Gasteiger partial charge in [-0.05, 0) is 37.1 Å². The largest absolute Gasteiger partial charge is 0.369 e. The quantitative estimate of drug-likeness (QED) is 0.888. The molecular weight excluding hydrogens is 338 g/mol. The number of aromatic nitrogens is 2. The van der Waals surface area contributed by atoms with Crippen LogP contribution in [0.2, 0.25) is 0 Å². The summed E-state index contributed by atoms with van der Waals surface area (Å²) in [4.78, 5) is 22.0. The smallest absolute Gasteiger partial charge is 0.255 e. The van der Waals surface area contributed by atoms with Crippen molar-refractivity contribution in [3.05, 3.63) is 58.3 Å². The molecule has 2 saturated heterocycles. The van der Waals surface area contributed by atoms with Crippen LogP contribution in [0.5, 0.6) is 0 Å². The Bertz CT molecular complexity index is 857. The third-order valence-electron chi connectivity index (χ3n) is 6.38. The topological polar surface area (TPSA) is 53.4 Å². The standard InChI is InChI=1S/C21H27N5O/c27-21-17(1-2-20-18-11-16(12-23-13-18)14-26(20)21)15-24-7-9-25(10-8-24)19-3-5-22-6-4-19/h1-6,16,18,23H,7-15H2/t16-,18+/m0/s1. The lowest BCUT2D eigenvalue weighted by atomic mass is 9.84. The monoisotopic (exact) mass is 365 g/mol. The Hall–Kier alpha value is -2.18. The zero-order valence-electron chi connectivity index (χ0n) is 15.7. The number of piperidine rings is 1. The first-order chi connectivity index (χ1) is 13.3. The Labute approximate surface area is 159 Å². The molecule has 6 heteroatoms. The highest BCUT2D eigenvalue weighted by Gasteiger charge is 2.31. The van der Waals surface area contributed by atoms with E-state index in [1.807, 2.05) is 12.4 Å². The minimum absolute atomic E-state index is 0.237. The maximum absolute atomic E-state index is 13.1. The number of hydrogen-bond donors (Lipinski definition) is 1. The molecule has 142 valence electrons. The minimum Gasteiger partial charge on any atom is -0.369 e. The van der Waals surface area contributed by atoms with Crippen LogP contribution in [0, 0.1) is 5.92 Å². The van der Waals surface area contributed by atoms with Gasteiger partial charge < -0.3 is 14.8 Å². The van der Waals surface area contributed by atoms with Gasteiger partial charge in [0.1, 0.15) is 0 Å². The fraction of sp³-hybridized carbons (Fsp3) is 0.524. The molecule has 0 aromatic carbocycles. The molecule has 5 rings (SSSR count). The second-order valence-corrected chi connectivity index (χ2v) is 8.12. The summed E-state index contributed by atoms with van der Waals surface area (Å²) in [6.07, 6.45) is 4.92. The third-order valence-corrected chi connectivity index (χ3v) is 6.38. The van der Waals surface area contributed by atoms with Crippen molar-refractivity contribution < 1.29 is 0 Å². The number of nitrogens with zero attached hydrogens (tertiary/aromatic N) is 4. The first-order valence-corrected chi connectivity index (χ1v) is 10.1. The number of fused-ring (bicyclic) bond motifs is 4. The van der Waals surface area contributed by atoms with Crippen LogP contribution < -0.4 is 15.8 Å². The Morgan fingerprint density at radius 1 is 1.04 bits per heavy atom. The molecule has 6 nitrogen and oxygen atoms in total. The van der Waals surface area contributed by atoms with Crippen molar-refractivity contribution in [1.29, 1.82) is 0 Å². The molecule has 3 aliphatic rings. The van der Waals surface area contributed by atoms with E-state index in [9.17, 15) is 4.79 Å². The summed E-state index contributed by atoms with van der Waals surface area (Å²) >= 11 is 0.